The smallest absolute Gasteiger partial charge is 0.476 e. The summed E-state index contributed by atoms with van der Waals surface area (Å²) >= 11 is 0. The van der Waals surface area contributed by atoms with Crippen molar-refractivity contribution in [2.24, 2.45) is 5.10 Å². The van der Waals surface area contributed by atoms with Crippen molar-refractivity contribution >= 4 is 55.7 Å². The number of aromatic amines is 1. The largest absolute Gasteiger partial charge is 0.512 e. The standard InChI is InChI=1S/C25H18N4O13S2/c30-22-18(20(24(32)33)26-28(22)14-6-10-16(11-7-14)43(36,37)38)4-2-1-3-5-19-21(42-25(34)35)27-29(23(19)31)15-8-12-17(13-9-15)44(39,40)41/h1-13,27H,(H,32,33)(H,34,35)(H,36,37,38)(H,39,40,41). The molecule has 1 aliphatic rings. The lowest BCUT2D eigenvalue weighted by Gasteiger charge is -2.11. The molecule has 3 aromatic rings. The van der Waals surface area contributed by atoms with Crippen molar-refractivity contribution in [3.05, 3.63) is 94.3 Å². The number of ether oxygens (including phenoxy) is 1. The number of carboxylic acid groups (broad SMARTS) is 2. The molecule has 0 saturated carbocycles. The van der Waals surface area contributed by atoms with Crippen LogP contribution < -0.4 is 15.3 Å². The van der Waals surface area contributed by atoms with Gasteiger partial charge in [-0.2, -0.15) is 26.9 Å². The van der Waals surface area contributed by atoms with Crippen LogP contribution in [-0.4, -0.2) is 69.7 Å². The molecule has 17 nitrogen and oxygen atoms in total. The van der Waals surface area contributed by atoms with Gasteiger partial charge in [-0.15, -0.1) is 0 Å². The maximum absolute atomic E-state index is 13.0. The number of rotatable bonds is 9. The van der Waals surface area contributed by atoms with E-state index in [-0.39, 0.29) is 22.5 Å². The molecule has 1 amide bonds. The molecule has 0 bridgehead atoms. The van der Waals surface area contributed by atoms with Gasteiger partial charge in [0.2, 0.25) is 5.88 Å². The molecular weight excluding hydrogens is 628 g/mol. The molecule has 2 heterocycles. The van der Waals surface area contributed by atoms with Gasteiger partial charge in [0, 0.05) is 0 Å². The summed E-state index contributed by atoms with van der Waals surface area (Å²) in [5.74, 6) is -2.91. The fourth-order valence-corrected chi connectivity index (χ4v) is 4.68. The quantitative estimate of drug-likeness (QED) is 0.0960. The fraction of sp³-hybridized carbons (Fsp3) is 0. The Balaban J connectivity index is 1.60. The SMILES string of the molecule is O=C(O)Oc1[nH]n(-c2ccc(S(=O)(=O)O)cc2)c(=O)c1C=CC=CC=C1C(=O)N(c2ccc(S(=O)(=O)O)cc2)N=C1C(=O)O. The van der Waals surface area contributed by atoms with Gasteiger partial charge in [-0.3, -0.25) is 23.8 Å². The Morgan fingerprint density at radius 1 is 0.818 bits per heavy atom. The summed E-state index contributed by atoms with van der Waals surface area (Å²) in [7, 11) is -9.01. The average molecular weight is 647 g/mol. The molecule has 0 saturated heterocycles. The lowest BCUT2D eigenvalue weighted by atomic mass is 10.1. The summed E-state index contributed by atoms with van der Waals surface area (Å²) in [6, 6.07) is 8.60. The topological polar surface area (TPSA) is 263 Å². The van der Waals surface area contributed by atoms with Gasteiger partial charge in [0.1, 0.15) is 5.56 Å². The van der Waals surface area contributed by atoms with Crippen LogP contribution in [0.25, 0.3) is 11.8 Å². The van der Waals surface area contributed by atoms with E-state index in [4.69, 9.17) is 14.2 Å². The van der Waals surface area contributed by atoms with E-state index in [1.165, 1.54) is 18.2 Å². The fourth-order valence-electron chi connectivity index (χ4n) is 3.72. The van der Waals surface area contributed by atoms with E-state index in [0.717, 1.165) is 65.4 Å². The van der Waals surface area contributed by atoms with Crippen molar-refractivity contribution in [1.29, 1.82) is 0 Å². The number of benzene rings is 2. The molecule has 0 spiro atoms. The van der Waals surface area contributed by atoms with Crippen molar-refractivity contribution in [1.82, 2.24) is 9.78 Å². The highest BCUT2D eigenvalue weighted by atomic mass is 32.2. The molecule has 1 aliphatic heterocycles. The van der Waals surface area contributed by atoms with Crippen molar-refractivity contribution in [3.8, 4) is 11.6 Å². The molecule has 19 heteroatoms. The summed E-state index contributed by atoms with van der Waals surface area (Å²) in [5.41, 5.74) is -2.01. The molecule has 0 aliphatic carbocycles. The maximum Gasteiger partial charge on any atom is 0.512 e. The highest BCUT2D eigenvalue weighted by Crippen LogP contribution is 2.25. The lowest BCUT2D eigenvalue weighted by Crippen LogP contribution is -2.22. The van der Waals surface area contributed by atoms with Crippen LogP contribution >= 0.6 is 0 Å². The summed E-state index contributed by atoms with van der Waals surface area (Å²) in [6.45, 7) is 0. The molecule has 2 aromatic carbocycles. The van der Waals surface area contributed by atoms with Crippen LogP contribution in [0.3, 0.4) is 0 Å². The number of hydrogen-bond acceptors (Lipinski definition) is 10. The number of aliphatic carboxylic acids is 1. The minimum atomic E-state index is -4.51. The summed E-state index contributed by atoms with van der Waals surface area (Å²) in [6.07, 6.45) is 4.22. The first-order valence-corrected chi connectivity index (χ1v) is 14.6. The third kappa shape index (κ3) is 6.71. The first-order chi connectivity index (χ1) is 20.6. The average Bonchev–Trinajstić information content (AvgIpc) is 3.43. The molecule has 0 radical (unpaired) electrons. The molecule has 1 aromatic heterocycles. The number of amides is 1. The van der Waals surface area contributed by atoms with Gasteiger partial charge in [0.25, 0.3) is 31.7 Å². The van der Waals surface area contributed by atoms with E-state index in [2.05, 4.69) is 14.9 Å². The molecule has 0 atom stereocenters. The number of nitrogens with one attached hydrogen (secondary N) is 1. The Morgan fingerprint density at radius 3 is 1.86 bits per heavy atom. The Morgan fingerprint density at radius 2 is 1.36 bits per heavy atom. The number of carbonyl (C=O) groups excluding carboxylic acids is 1. The van der Waals surface area contributed by atoms with Crippen LogP contribution in [0.15, 0.2) is 98.1 Å². The van der Waals surface area contributed by atoms with Crippen LogP contribution in [0.4, 0.5) is 10.5 Å². The predicted octanol–water partition coefficient (Wildman–Crippen LogP) is 1.70. The van der Waals surface area contributed by atoms with Crippen molar-refractivity contribution in [3.63, 3.8) is 0 Å². The molecule has 228 valence electrons. The molecule has 5 N–H and O–H groups in total. The highest BCUT2D eigenvalue weighted by molar-refractivity contribution is 7.86. The van der Waals surface area contributed by atoms with Crippen LogP contribution in [0.1, 0.15) is 5.56 Å². The third-order valence-corrected chi connectivity index (χ3v) is 7.42. The summed E-state index contributed by atoms with van der Waals surface area (Å²) in [4.78, 5) is 47.8. The number of carboxylic acids is 1. The number of nitrogens with zero attached hydrogens (tertiary/aromatic N) is 3. The van der Waals surface area contributed by atoms with Gasteiger partial charge in [-0.1, -0.05) is 18.2 Å². The molecule has 4 rings (SSSR count). The van der Waals surface area contributed by atoms with E-state index in [0.29, 0.717) is 5.01 Å². The van der Waals surface area contributed by atoms with Crippen LogP contribution in [0.2, 0.25) is 0 Å². The summed E-state index contributed by atoms with van der Waals surface area (Å²) in [5, 5.41) is 25.4. The number of aromatic nitrogens is 2. The monoisotopic (exact) mass is 646 g/mol. The normalized spacial score (nSPS) is 15.0. The first-order valence-electron chi connectivity index (χ1n) is 11.7. The Kier molecular flexibility index (Phi) is 8.49. The zero-order valence-electron chi connectivity index (χ0n) is 21.6. The van der Waals surface area contributed by atoms with Gasteiger partial charge >= 0.3 is 12.1 Å². The zero-order chi connectivity index (χ0) is 32.4. The Hall–Kier alpha value is -5.63. The van der Waals surface area contributed by atoms with Gasteiger partial charge in [0.15, 0.2) is 5.71 Å². The molecule has 0 fully saturated rings. The minimum Gasteiger partial charge on any atom is -0.476 e. The van der Waals surface area contributed by atoms with E-state index in [1.54, 1.807) is 0 Å². The van der Waals surface area contributed by atoms with E-state index < -0.39 is 65.2 Å². The second-order valence-corrected chi connectivity index (χ2v) is 11.3. The van der Waals surface area contributed by atoms with Crippen LogP contribution in [-0.2, 0) is 29.8 Å². The number of hydrogen-bond donors (Lipinski definition) is 5. The third-order valence-electron chi connectivity index (χ3n) is 5.68. The second-order valence-electron chi connectivity index (χ2n) is 8.50. The van der Waals surface area contributed by atoms with Gasteiger partial charge in [0.05, 0.1) is 26.7 Å². The van der Waals surface area contributed by atoms with Crippen molar-refractivity contribution in [2.75, 3.05) is 5.01 Å². The predicted molar refractivity (Wildman–Crippen MR) is 150 cm³/mol. The van der Waals surface area contributed by atoms with Gasteiger partial charge in [-0.25, -0.2) is 14.3 Å². The number of allylic oxidation sites excluding steroid dienone is 4. The van der Waals surface area contributed by atoms with Crippen LogP contribution in [0.5, 0.6) is 5.88 Å². The zero-order valence-corrected chi connectivity index (χ0v) is 23.3. The van der Waals surface area contributed by atoms with Gasteiger partial charge < -0.3 is 14.9 Å². The second kappa shape index (κ2) is 11.9. The van der Waals surface area contributed by atoms with E-state index in [9.17, 15) is 41.1 Å². The van der Waals surface area contributed by atoms with E-state index >= 15 is 0 Å². The number of H-pyrrole nitrogens is 1. The van der Waals surface area contributed by atoms with Crippen LogP contribution in [0, 0.1) is 0 Å². The number of hydrazone groups is 1. The van der Waals surface area contributed by atoms with Crippen molar-refractivity contribution in [2.45, 2.75) is 9.79 Å². The lowest BCUT2D eigenvalue weighted by molar-refractivity contribution is -0.129. The summed E-state index contributed by atoms with van der Waals surface area (Å²) < 4.78 is 68.7. The molecule has 44 heavy (non-hydrogen) atoms. The number of carbonyl (C=O) groups is 3. The van der Waals surface area contributed by atoms with Gasteiger partial charge in [-0.05, 0) is 60.7 Å². The maximum atomic E-state index is 13.0. The Labute approximate surface area is 246 Å². The Bertz CT molecular complexity index is 2070. The highest BCUT2D eigenvalue weighted by Gasteiger charge is 2.34. The molecule has 0 unspecified atom stereocenters. The number of anilines is 1. The first kappa shape index (κ1) is 31.3. The minimum absolute atomic E-state index is 0.00995. The van der Waals surface area contributed by atoms with Crippen molar-refractivity contribution < 1.29 is 55.3 Å². The molecular formula is C25H18N4O13S2. The van der Waals surface area contributed by atoms with E-state index in [1.807, 2.05) is 0 Å².